The van der Waals surface area contributed by atoms with Crippen LogP contribution < -0.4 is 5.32 Å². The molecule has 0 bridgehead atoms. The molecule has 20 heavy (non-hydrogen) atoms. The minimum atomic E-state index is 0.353. The lowest BCUT2D eigenvalue weighted by molar-refractivity contribution is 0.343. The highest BCUT2D eigenvalue weighted by Crippen LogP contribution is 2.46. The average Bonchev–Trinajstić information content (AvgIpc) is 3.04. The smallest absolute Gasteiger partial charge is 0.123 e. The molecule has 0 aliphatic heterocycles. The zero-order chi connectivity index (χ0) is 14.4. The summed E-state index contributed by atoms with van der Waals surface area (Å²) in [5.41, 5.74) is 0.353. The fourth-order valence-corrected chi connectivity index (χ4v) is 4.59. The Bertz CT molecular complexity index is 394. The molecule has 1 aromatic rings. The maximum Gasteiger partial charge on any atom is 0.123 e. The molecule has 0 spiro atoms. The van der Waals surface area contributed by atoms with Crippen LogP contribution in [0.3, 0.4) is 0 Å². The Kier molecular flexibility index (Phi) is 5.97. The van der Waals surface area contributed by atoms with E-state index in [1.165, 1.54) is 48.5 Å². The quantitative estimate of drug-likeness (QED) is 0.738. The summed E-state index contributed by atoms with van der Waals surface area (Å²) in [7, 11) is 0. The normalized spacial score (nSPS) is 18.0. The lowest BCUT2D eigenvalue weighted by atomic mass is 9.79. The maximum atomic E-state index is 4.57. The van der Waals surface area contributed by atoms with Gasteiger partial charge in [-0.25, -0.2) is 0 Å². The van der Waals surface area contributed by atoms with Gasteiger partial charge in [0, 0.05) is 11.8 Å². The number of hydrogen-bond donors (Lipinski definition) is 1. The van der Waals surface area contributed by atoms with E-state index in [9.17, 15) is 0 Å². The van der Waals surface area contributed by atoms with E-state index in [2.05, 4.69) is 36.3 Å². The number of aryl methyl sites for hydroxylation is 1. The van der Waals surface area contributed by atoms with E-state index >= 15 is 0 Å². The number of nitrogens with zero attached hydrogens (tertiary/aromatic N) is 2. The average molecular weight is 295 g/mol. The molecule has 1 saturated carbocycles. The van der Waals surface area contributed by atoms with E-state index in [1.807, 2.05) is 11.3 Å². The van der Waals surface area contributed by atoms with Crippen LogP contribution in [0.15, 0.2) is 0 Å². The molecule has 0 aromatic carbocycles. The van der Waals surface area contributed by atoms with E-state index in [4.69, 9.17) is 0 Å². The van der Waals surface area contributed by atoms with E-state index < -0.39 is 0 Å². The minimum Gasteiger partial charge on any atom is -0.317 e. The van der Waals surface area contributed by atoms with Crippen LogP contribution in [0.4, 0.5) is 0 Å². The molecule has 2 rings (SSSR count). The Morgan fingerprint density at radius 1 is 1.25 bits per heavy atom. The first-order chi connectivity index (χ1) is 9.66. The molecule has 1 aliphatic rings. The monoisotopic (exact) mass is 295 g/mol. The van der Waals surface area contributed by atoms with Gasteiger partial charge >= 0.3 is 0 Å². The van der Waals surface area contributed by atoms with Crippen molar-refractivity contribution in [1.29, 1.82) is 0 Å². The van der Waals surface area contributed by atoms with Crippen LogP contribution >= 0.6 is 11.3 Å². The molecule has 1 aliphatic carbocycles. The van der Waals surface area contributed by atoms with Crippen molar-refractivity contribution < 1.29 is 0 Å². The SMILES string of the molecule is CCNCCCc1nnc(C2(CC(C)C)CCCC2)s1. The van der Waals surface area contributed by atoms with E-state index in [-0.39, 0.29) is 0 Å². The molecule has 4 heteroatoms. The van der Waals surface area contributed by atoms with Gasteiger partial charge in [-0.15, -0.1) is 21.5 Å². The van der Waals surface area contributed by atoms with Gasteiger partial charge in [0.1, 0.15) is 10.0 Å². The summed E-state index contributed by atoms with van der Waals surface area (Å²) in [6, 6.07) is 0. The minimum absolute atomic E-state index is 0.353. The number of hydrogen-bond acceptors (Lipinski definition) is 4. The summed E-state index contributed by atoms with van der Waals surface area (Å²) in [5.74, 6) is 0.745. The lowest BCUT2D eigenvalue weighted by Gasteiger charge is -2.27. The fraction of sp³-hybridized carbons (Fsp3) is 0.875. The van der Waals surface area contributed by atoms with Crippen molar-refractivity contribution in [2.45, 2.75) is 71.1 Å². The van der Waals surface area contributed by atoms with Gasteiger partial charge in [0.15, 0.2) is 0 Å². The van der Waals surface area contributed by atoms with E-state index in [0.717, 1.165) is 25.4 Å². The molecule has 1 fully saturated rings. The number of nitrogens with one attached hydrogen (secondary N) is 1. The highest BCUT2D eigenvalue weighted by Gasteiger charge is 2.39. The Morgan fingerprint density at radius 3 is 2.65 bits per heavy atom. The molecule has 1 N–H and O–H groups in total. The molecule has 1 heterocycles. The largest absolute Gasteiger partial charge is 0.317 e. The summed E-state index contributed by atoms with van der Waals surface area (Å²) in [6.45, 7) is 8.96. The second-order valence-corrected chi connectivity index (χ2v) is 7.61. The molecule has 0 radical (unpaired) electrons. The molecule has 114 valence electrons. The first-order valence-electron chi connectivity index (χ1n) is 8.20. The van der Waals surface area contributed by atoms with Crippen LogP contribution in [0.25, 0.3) is 0 Å². The summed E-state index contributed by atoms with van der Waals surface area (Å²) in [5, 5.41) is 14.9. The van der Waals surface area contributed by atoms with Crippen molar-refractivity contribution in [3.63, 3.8) is 0 Å². The van der Waals surface area contributed by atoms with Crippen molar-refractivity contribution >= 4 is 11.3 Å². The van der Waals surface area contributed by atoms with Crippen molar-refractivity contribution in [2.24, 2.45) is 5.92 Å². The van der Waals surface area contributed by atoms with E-state index in [1.54, 1.807) is 0 Å². The Hall–Kier alpha value is -0.480. The Morgan fingerprint density at radius 2 is 2.00 bits per heavy atom. The molecule has 0 saturated heterocycles. The van der Waals surface area contributed by atoms with Crippen molar-refractivity contribution in [3.8, 4) is 0 Å². The van der Waals surface area contributed by atoms with Crippen molar-refractivity contribution in [3.05, 3.63) is 10.0 Å². The van der Waals surface area contributed by atoms with Gasteiger partial charge in [-0.2, -0.15) is 0 Å². The molecule has 0 amide bonds. The van der Waals surface area contributed by atoms with Gasteiger partial charge < -0.3 is 5.32 Å². The van der Waals surface area contributed by atoms with Gasteiger partial charge in [-0.1, -0.05) is 33.6 Å². The summed E-state index contributed by atoms with van der Waals surface area (Å²) in [6.07, 6.45) is 8.87. The van der Waals surface area contributed by atoms with Gasteiger partial charge in [0.2, 0.25) is 0 Å². The topological polar surface area (TPSA) is 37.8 Å². The van der Waals surface area contributed by atoms with Gasteiger partial charge in [0.05, 0.1) is 0 Å². The van der Waals surface area contributed by atoms with Crippen LogP contribution in [0.1, 0.15) is 69.3 Å². The third-order valence-corrected chi connectivity index (χ3v) is 5.50. The van der Waals surface area contributed by atoms with Gasteiger partial charge in [0.25, 0.3) is 0 Å². The Balaban J connectivity index is 1.98. The molecule has 0 atom stereocenters. The summed E-state index contributed by atoms with van der Waals surface area (Å²) in [4.78, 5) is 0. The van der Waals surface area contributed by atoms with Crippen molar-refractivity contribution in [2.75, 3.05) is 13.1 Å². The van der Waals surface area contributed by atoms with Crippen molar-refractivity contribution in [1.82, 2.24) is 15.5 Å². The molecule has 0 unspecified atom stereocenters. The zero-order valence-corrected chi connectivity index (χ0v) is 14.1. The van der Waals surface area contributed by atoms with Crippen LogP contribution in [0.2, 0.25) is 0 Å². The van der Waals surface area contributed by atoms with Crippen LogP contribution in [-0.2, 0) is 11.8 Å². The highest BCUT2D eigenvalue weighted by molar-refractivity contribution is 7.11. The summed E-state index contributed by atoms with van der Waals surface area (Å²) < 4.78 is 0. The maximum absolute atomic E-state index is 4.57. The second kappa shape index (κ2) is 7.51. The fourth-order valence-electron chi connectivity index (χ4n) is 3.45. The predicted octanol–water partition coefficient (Wildman–Crippen LogP) is 3.94. The van der Waals surface area contributed by atoms with E-state index in [0.29, 0.717) is 5.41 Å². The molecule has 1 aromatic heterocycles. The predicted molar refractivity (Wildman–Crippen MR) is 86.4 cm³/mol. The second-order valence-electron chi connectivity index (χ2n) is 6.54. The van der Waals surface area contributed by atoms with Crippen LogP contribution in [0.5, 0.6) is 0 Å². The van der Waals surface area contributed by atoms with Gasteiger partial charge in [-0.3, -0.25) is 0 Å². The van der Waals surface area contributed by atoms with Crippen LogP contribution in [-0.4, -0.2) is 23.3 Å². The standard InChI is InChI=1S/C16H29N3S/c1-4-17-11-7-8-14-18-19-15(20-14)16(12-13(2)3)9-5-6-10-16/h13,17H,4-12H2,1-3H3. The molecular weight excluding hydrogens is 266 g/mol. The summed E-state index contributed by atoms with van der Waals surface area (Å²) >= 11 is 1.88. The third-order valence-electron chi connectivity index (χ3n) is 4.27. The van der Waals surface area contributed by atoms with Gasteiger partial charge in [-0.05, 0) is 44.7 Å². The molecular formula is C16H29N3S. The highest BCUT2D eigenvalue weighted by atomic mass is 32.1. The van der Waals surface area contributed by atoms with Crippen LogP contribution in [0, 0.1) is 5.92 Å². The first-order valence-corrected chi connectivity index (χ1v) is 9.01. The Labute approximate surface area is 127 Å². The number of aromatic nitrogens is 2. The first kappa shape index (κ1) is 15.9. The zero-order valence-electron chi connectivity index (χ0n) is 13.2. The molecule has 3 nitrogen and oxygen atoms in total. The third kappa shape index (κ3) is 4.01. The number of rotatable bonds is 8. The lowest BCUT2D eigenvalue weighted by Crippen LogP contribution is -2.24.